The smallest absolute Gasteiger partial charge is 0.435 e. The number of rotatable bonds is 7. The van der Waals surface area contributed by atoms with Crippen LogP contribution >= 0.6 is 0 Å². The van der Waals surface area contributed by atoms with Crippen LogP contribution in [0.3, 0.4) is 0 Å². The van der Waals surface area contributed by atoms with E-state index in [2.05, 4.69) is 10.4 Å². The van der Waals surface area contributed by atoms with Gasteiger partial charge < -0.3 is 10.1 Å². The maximum atomic E-state index is 13.0. The molecule has 2 unspecified atom stereocenters. The fourth-order valence-corrected chi connectivity index (χ4v) is 4.77. The summed E-state index contributed by atoms with van der Waals surface area (Å²) in [6, 6.07) is -0.0449. The van der Waals surface area contributed by atoms with Crippen LogP contribution in [0.15, 0.2) is 18.2 Å². The van der Waals surface area contributed by atoms with Crippen molar-refractivity contribution < 1.29 is 35.9 Å². The van der Waals surface area contributed by atoms with Crippen LogP contribution in [0, 0.1) is 0 Å². The van der Waals surface area contributed by atoms with Gasteiger partial charge in [-0.1, -0.05) is 12.5 Å². The first-order valence-corrected chi connectivity index (χ1v) is 11.2. The molecule has 1 N–H and O–H groups in total. The molecule has 1 fully saturated rings. The van der Waals surface area contributed by atoms with Gasteiger partial charge in [0.25, 0.3) is 5.91 Å². The average Bonchev–Trinajstić information content (AvgIpc) is 3.09. The van der Waals surface area contributed by atoms with Crippen molar-refractivity contribution in [2.45, 2.75) is 50.7 Å². The number of esters is 1. The van der Waals surface area contributed by atoms with Gasteiger partial charge in [-0.15, -0.1) is 0 Å². The molecule has 13 heteroatoms. The maximum absolute atomic E-state index is 13.0. The number of carbonyl (C=O) groups excluding carboxylic acids is 2. The summed E-state index contributed by atoms with van der Waals surface area (Å²) >= 11 is 0. The maximum Gasteiger partial charge on any atom is 0.435 e. The summed E-state index contributed by atoms with van der Waals surface area (Å²) in [6.45, 7) is 3.25. The van der Waals surface area contributed by atoms with Gasteiger partial charge in [0, 0.05) is 31.8 Å². The van der Waals surface area contributed by atoms with Crippen molar-refractivity contribution in [3.63, 3.8) is 0 Å². The van der Waals surface area contributed by atoms with Gasteiger partial charge in [0.05, 0.1) is 6.61 Å². The molecule has 0 spiro atoms. The number of sulfonamides is 1. The molecular weight excluding hydrogens is 441 g/mol. The number of halogens is 3. The lowest BCUT2D eigenvalue weighted by Gasteiger charge is -2.34. The molecule has 1 aliphatic heterocycles. The predicted octanol–water partition coefficient (Wildman–Crippen LogP) is 1.82. The monoisotopic (exact) mass is 466 g/mol. The van der Waals surface area contributed by atoms with E-state index in [4.69, 9.17) is 4.74 Å². The lowest BCUT2D eigenvalue weighted by molar-refractivity contribution is -0.141. The van der Waals surface area contributed by atoms with Crippen LogP contribution in [-0.4, -0.2) is 58.9 Å². The number of aryl methyl sites for hydroxylation is 1. The normalized spacial score (nSPS) is 19.4. The van der Waals surface area contributed by atoms with E-state index >= 15 is 0 Å². The molecule has 2 atom stereocenters. The highest BCUT2D eigenvalue weighted by molar-refractivity contribution is 7.89. The van der Waals surface area contributed by atoms with E-state index in [1.807, 2.05) is 0 Å². The number of amides is 1. The molecule has 1 aliphatic rings. The predicted molar refractivity (Wildman–Crippen MR) is 104 cm³/mol. The molecule has 0 aromatic carbocycles. The SMILES string of the molecule is CCOC(=O)/C=C/C1CCCCN1S(=O)(=O)C(C)NC(=O)c1cc(C(F)(F)F)nn1C. The first kappa shape index (κ1) is 24.9. The molecule has 9 nitrogen and oxygen atoms in total. The van der Waals surface area contributed by atoms with Crippen molar-refractivity contribution in [2.24, 2.45) is 7.05 Å². The second-order valence-corrected chi connectivity index (χ2v) is 9.19. The zero-order chi connectivity index (χ0) is 23.4. The minimum Gasteiger partial charge on any atom is -0.463 e. The summed E-state index contributed by atoms with van der Waals surface area (Å²) in [5.74, 6) is -1.60. The van der Waals surface area contributed by atoms with Crippen LogP contribution in [-0.2, 0) is 32.8 Å². The van der Waals surface area contributed by atoms with Crippen LogP contribution in [0.25, 0.3) is 0 Å². The Hall–Kier alpha value is -2.41. The van der Waals surface area contributed by atoms with E-state index in [-0.39, 0.29) is 13.2 Å². The summed E-state index contributed by atoms with van der Waals surface area (Å²) in [4.78, 5) is 24.0. The molecule has 0 aliphatic carbocycles. The highest BCUT2D eigenvalue weighted by Crippen LogP contribution is 2.28. The highest BCUT2D eigenvalue weighted by atomic mass is 32.2. The van der Waals surface area contributed by atoms with Gasteiger partial charge in [-0.25, -0.2) is 13.2 Å². The Bertz CT molecular complexity index is 942. The fourth-order valence-electron chi connectivity index (χ4n) is 3.17. The van der Waals surface area contributed by atoms with E-state index in [1.54, 1.807) is 6.92 Å². The Morgan fingerprint density at radius 2 is 2.06 bits per heavy atom. The Balaban J connectivity index is 2.17. The van der Waals surface area contributed by atoms with Gasteiger partial charge in [-0.3, -0.25) is 9.48 Å². The third-order valence-corrected chi connectivity index (χ3v) is 6.87. The van der Waals surface area contributed by atoms with E-state index in [1.165, 1.54) is 23.4 Å². The van der Waals surface area contributed by atoms with Gasteiger partial charge in [0.15, 0.2) is 5.69 Å². The second kappa shape index (κ2) is 9.81. The summed E-state index contributed by atoms with van der Waals surface area (Å²) in [5.41, 5.74) is -1.68. The van der Waals surface area contributed by atoms with Crippen LogP contribution in [0.2, 0.25) is 0 Å². The van der Waals surface area contributed by atoms with Crippen molar-refractivity contribution >= 4 is 21.9 Å². The molecule has 2 rings (SSSR count). The molecular formula is C18H25F3N4O5S. The molecule has 0 saturated carbocycles. The molecule has 1 aromatic rings. The Morgan fingerprint density at radius 3 is 2.65 bits per heavy atom. The number of hydrogen-bond donors (Lipinski definition) is 1. The number of aromatic nitrogens is 2. The standard InChI is InChI=1S/C18H25F3N4O5S/c1-4-30-16(26)9-8-13-7-5-6-10-25(13)31(28,29)12(2)22-17(27)14-11-15(18(19,20)21)23-24(14)3/h8-9,11-13H,4-7,10H2,1-3H3,(H,22,27)/b9-8+. The lowest BCUT2D eigenvalue weighted by Crippen LogP contribution is -2.51. The average molecular weight is 466 g/mol. The summed E-state index contributed by atoms with van der Waals surface area (Å²) in [7, 11) is -2.91. The molecule has 0 bridgehead atoms. The number of hydrogen-bond acceptors (Lipinski definition) is 6. The lowest BCUT2D eigenvalue weighted by atomic mass is 10.0. The minimum absolute atomic E-state index is 0.184. The van der Waals surface area contributed by atoms with Crippen LogP contribution in [0.1, 0.15) is 49.3 Å². The van der Waals surface area contributed by atoms with Crippen molar-refractivity contribution in [2.75, 3.05) is 13.2 Å². The summed E-state index contributed by atoms with van der Waals surface area (Å²) in [5, 5.41) is 4.07. The third kappa shape index (κ3) is 6.06. The van der Waals surface area contributed by atoms with Crippen LogP contribution in [0.5, 0.6) is 0 Å². The summed E-state index contributed by atoms with van der Waals surface area (Å²) in [6.07, 6.45) is -0.299. The Kier molecular flexibility index (Phi) is 7.87. The Labute approximate surface area is 178 Å². The number of alkyl halides is 3. The van der Waals surface area contributed by atoms with E-state index in [0.717, 1.165) is 18.2 Å². The van der Waals surface area contributed by atoms with Gasteiger partial charge >= 0.3 is 12.1 Å². The van der Waals surface area contributed by atoms with E-state index in [9.17, 15) is 31.2 Å². The second-order valence-electron chi connectivity index (χ2n) is 6.98. The number of piperidine rings is 1. The first-order valence-electron chi connectivity index (χ1n) is 9.65. The van der Waals surface area contributed by atoms with E-state index in [0.29, 0.717) is 18.9 Å². The Morgan fingerprint density at radius 1 is 1.39 bits per heavy atom. The number of ether oxygens (including phenoxy) is 1. The highest BCUT2D eigenvalue weighted by Gasteiger charge is 2.38. The van der Waals surface area contributed by atoms with Gasteiger partial charge in [-0.05, 0) is 26.7 Å². The van der Waals surface area contributed by atoms with Gasteiger partial charge in [-0.2, -0.15) is 22.6 Å². The first-order chi connectivity index (χ1) is 14.4. The molecule has 174 valence electrons. The molecule has 1 saturated heterocycles. The number of carbonyl (C=O) groups is 2. The topological polar surface area (TPSA) is 111 Å². The zero-order valence-corrected chi connectivity index (χ0v) is 18.2. The molecule has 0 radical (unpaired) electrons. The molecule has 1 aromatic heterocycles. The van der Waals surface area contributed by atoms with E-state index < -0.39 is 50.9 Å². The van der Waals surface area contributed by atoms with Crippen LogP contribution in [0.4, 0.5) is 13.2 Å². The number of nitrogens with one attached hydrogen (secondary N) is 1. The molecule has 1 amide bonds. The molecule has 2 heterocycles. The zero-order valence-electron chi connectivity index (χ0n) is 17.3. The van der Waals surface area contributed by atoms with Crippen LogP contribution < -0.4 is 5.32 Å². The summed E-state index contributed by atoms with van der Waals surface area (Å²) < 4.78 is 71.2. The van der Waals surface area contributed by atoms with Crippen molar-refractivity contribution in [1.29, 1.82) is 0 Å². The largest absolute Gasteiger partial charge is 0.463 e. The molecule has 31 heavy (non-hydrogen) atoms. The van der Waals surface area contributed by atoms with Crippen molar-refractivity contribution in [3.05, 3.63) is 29.6 Å². The fraction of sp³-hybridized carbons (Fsp3) is 0.611. The van der Waals surface area contributed by atoms with Crippen molar-refractivity contribution in [3.8, 4) is 0 Å². The quantitative estimate of drug-likeness (QED) is 0.485. The third-order valence-electron chi connectivity index (χ3n) is 4.75. The number of nitrogens with zero attached hydrogens (tertiary/aromatic N) is 3. The minimum atomic E-state index is -4.74. The van der Waals surface area contributed by atoms with Crippen molar-refractivity contribution in [1.82, 2.24) is 19.4 Å². The van der Waals surface area contributed by atoms with Gasteiger partial charge in [0.1, 0.15) is 11.1 Å². The van der Waals surface area contributed by atoms with Gasteiger partial charge in [0.2, 0.25) is 10.0 Å².